The van der Waals surface area contributed by atoms with Crippen molar-refractivity contribution in [3.05, 3.63) is 130 Å². The Kier molecular flexibility index (Phi) is 162. The molecule has 0 aliphatic carbocycles. The maximum absolute atomic E-state index is 10.8. The number of anilines is 2. The Hall–Kier alpha value is -0.483. The second-order valence-electron chi connectivity index (χ2n) is 24.7. The van der Waals surface area contributed by atoms with Gasteiger partial charge in [0.25, 0.3) is 0 Å². The number of hydrogen-bond donors (Lipinski definition) is 6. The molecule has 0 saturated carbocycles. The van der Waals surface area contributed by atoms with Gasteiger partial charge in [0.05, 0.1) is 16.8 Å². The van der Waals surface area contributed by atoms with Crippen LogP contribution >= 0.6 is 0 Å². The SMILES string of the molecule is CN(C)c1cc(C(=O)O)ccc1C(=O)O.CN(C)c1cc(C(O)O)ccc1C(O)O.C[C-](C)C.C[C-](C)C.C[C-](C)C.C[C-](C)C.C[C-](C)C.C[C-](C)C.C[C-](C)C.C[C-](C)C.C[C-](C)C.C[C-](C)C.C[C-](C)C.C[C-](C)C.O.O.O.O.[Ti+3].[Ti+3].[Ti+3].[Ti+3]. The number of carbonyl (C=O) groups is 2. The Morgan fingerprint density at radius 2 is 0.512 bits per heavy atom. The second kappa shape index (κ2) is 98.1. The van der Waals surface area contributed by atoms with Gasteiger partial charge in [-0.25, -0.2) is 9.59 Å². The smallest absolute Gasteiger partial charge is 0.478 e. The van der Waals surface area contributed by atoms with Gasteiger partial charge in [0.15, 0.2) is 12.6 Å². The molecular formula is C68H142N2O12Ti4. The molecular weight excluding hydrogens is 1230 g/mol. The molecule has 2 aromatic carbocycles. The molecule has 0 unspecified atom stereocenters. The van der Waals surface area contributed by atoms with Gasteiger partial charge in [-0.1, -0.05) is 12.1 Å². The fourth-order valence-electron chi connectivity index (χ4n) is 2.54. The summed E-state index contributed by atoms with van der Waals surface area (Å²) in [4.78, 5) is 24.8. The summed E-state index contributed by atoms with van der Waals surface area (Å²) in [7, 11) is 6.78. The number of aliphatic hydroxyl groups is 4. The van der Waals surface area contributed by atoms with E-state index in [1.165, 1.54) is 107 Å². The van der Waals surface area contributed by atoms with E-state index in [-0.39, 0.29) is 120 Å². The number of aliphatic hydroxyl groups excluding tert-OH is 2. The molecule has 0 amide bonds. The third kappa shape index (κ3) is 232. The topological polar surface area (TPSA) is 288 Å². The van der Waals surface area contributed by atoms with Crippen molar-refractivity contribution in [1.82, 2.24) is 0 Å². The van der Waals surface area contributed by atoms with Gasteiger partial charge in [-0.05, 0) is 24.3 Å². The van der Waals surface area contributed by atoms with Crippen LogP contribution in [0, 0.1) is 71.0 Å². The van der Waals surface area contributed by atoms with E-state index in [9.17, 15) is 9.59 Å². The van der Waals surface area contributed by atoms with Gasteiger partial charge in [0.2, 0.25) is 0 Å². The first-order chi connectivity index (χ1) is 34.6. The summed E-state index contributed by atoms with van der Waals surface area (Å²) in [5.41, 5.74) is 1.71. The molecule has 0 heterocycles. The monoisotopic (exact) mass is 1370 g/mol. The van der Waals surface area contributed by atoms with Crippen molar-refractivity contribution in [2.75, 3.05) is 38.0 Å². The molecule has 2 aromatic rings. The molecule has 0 atom stereocenters. The number of carboxylic acids is 2. The minimum atomic E-state index is -1.58. The Labute approximate surface area is 597 Å². The van der Waals surface area contributed by atoms with E-state index >= 15 is 0 Å². The van der Waals surface area contributed by atoms with Crippen molar-refractivity contribution in [3.63, 3.8) is 0 Å². The van der Waals surface area contributed by atoms with E-state index < -0.39 is 24.5 Å². The van der Waals surface area contributed by atoms with Crippen LogP contribution in [0.2, 0.25) is 0 Å². The van der Waals surface area contributed by atoms with Crippen LogP contribution in [0.1, 0.15) is 294 Å². The fourth-order valence-corrected chi connectivity index (χ4v) is 2.54. The first kappa shape index (κ1) is 142. The van der Waals surface area contributed by atoms with Crippen LogP contribution in [0.5, 0.6) is 0 Å². The van der Waals surface area contributed by atoms with Crippen molar-refractivity contribution in [2.24, 2.45) is 0 Å². The quantitative estimate of drug-likeness (QED) is 0.0903. The molecule has 2 rings (SSSR count). The predicted molar refractivity (Wildman–Crippen MR) is 367 cm³/mol. The number of nitrogens with zero attached hydrogens (tertiary/aromatic N) is 2. The molecule has 4 radical (unpaired) electrons. The second-order valence-corrected chi connectivity index (χ2v) is 24.7. The zero-order chi connectivity index (χ0) is 66.1. The Bertz CT molecular complexity index is 1330. The molecule has 14 nitrogen and oxygen atoms in total. The van der Waals surface area contributed by atoms with Gasteiger partial charge < -0.3 is 133 Å². The first-order valence-electron chi connectivity index (χ1n) is 26.7. The molecule has 0 aliphatic heterocycles. The summed E-state index contributed by atoms with van der Waals surface area (Å²) in [5, 5.41) is 53.7. The van der Waals surface area contributed by atoms with E-state index in [4.69, 9.17) is 30.6 Å². The summed E-state index contributed by atoms with van der Waals surface area (Å²) < 4.78 is 0. The summed E-state index contributed by atoms with van der Waals surface area (Å²) in [5.74, 6) is 14.9. The number of aromatic carboxylic acids is 2. The zero-order valence-corrected chi connectivity index (χ0v) is 69.3. The molecule has 86 heavy (non-hydrogen) atoms. The molecule has 0 aliphatic rings. The van der Waals surface area contributed by atoms with Gasteiger partial charge in [0, 0.05) is 45.0 Å². The van der Waals surface area contributed by atoms with Gasteiger partial charge in [0.1, 0.15) is 0 Å². The van der Waals surface area contributed by atoms with Crippen molar-refractivity contribution < 1.29 is 149 Å². The molecule has 14 N–H and O–H groups in total. The molecule has 0 bridgehead atoms. The third-order valence-electron chi connectivity index (χ3n) is 4.07. The zero-order valence-electron chi connectivity index (χ0n) is 63.0. The predicted octanol–water partition coefficient (Wildman–Crippen LogP) is 17.0. The molecule has 0 spiro atoms. The van der Waals surface area contributed by atoms with Crippen LogP contribution < -0.4 is 9.80 Å². The fraction of sp³-hybridized carbons (Fsp3) is 0.618. The molecule has 0 saturated heterocycles. The molecule has 0 fully saturated rings. The Morgan fingerprint density at radius 1 is 0.314 bits per heavy atom. The van der Waals surface area contributed by atoms with E-state index in [1.54, 1.807) is 38.0 Å². The number of rotatable bonds is 6. The van der Waals surface area contributed by atoms with E-state index in [1.807, 2.05) is 0 Å². The van der Waals surface area contributed by atoms with Gasteiger partial charge in [-0.15, -0.1) is 0 Å². The van der Waals surface area contributed by atoms with Crippen LogP contribution in [0.25, 0.3) is 0 Å². The van der Waals surface area contributed by atoms with Gasteiger partial charge in [-0.3, -0.25) is 0 Å². The van der Waals surface area contributed by atoms with Crippen molar-refractivity contribution in [1.29, 1.82) is 0 Å². The van der Waals surface area contributed by atoms with E-state index in [2.05, 4.69) is 249 Å². The molecule has 512 valence electrons. The average molecular weight is 1370 g/mol. The standard InChI is InChI=1S/C10H15NO4.C10H11NO4.12C4H9.4H2O.4Ti/c2*1-11(2)8-5-6(9(12)13)3-4-7(8)10(14)15;12*1-4(2)3;;;;;;;;/h3-5,9-10,12-15H,1-2H3;3-5H,1-2H3,(H,12,13)(H,14,15);12*1-3H3;4*1H2;;;;/q;;12*-1;;;;;4*+3. The summed E-state index contributed by atoms with van der Waals surface area (Å²) in [6.45, 7) is 75.0. The van der Waals surface area contributed by atoms with Crippen LogP contribution in [0.3, 0.4) is 0 Å². The summed E-state index contributed by atoms with van der Waals surface area (Å²) >= 11 is 0. The normalized spacial score (nSPS) is 8.67. The summed E-state index contributed by atoms with van der Waals surface area (Å²) in [6, 6.07) is 8.30. The Morgan fingerprint density at radius 3 is 0.651 bits per heavy atom. The van der Waals surface area contributed by atoms with Crippen LogP contribution in [0.4, 0.5) is 11.4 Å². The van der Waals surface area contributed by atoms with Crippen LogP contribution in [0.15, 0.2) is 36.4 Å². The van der Waals surface area contributed by atoms with Crippen LogP contribution in [-0.4, -0.2) is 92.7 Å². The largest absolute Gasteiger partial charge is 3.00 e. The van der Waals surface area contributed by atoms with Crippen molar-refractivity contribution in [3.8, 4) is 0 Å². The minimum absolute atomic E-state index is 0. The number of hydrogen-bond acceptors (Lipinski definition) is 8. The van der Waals surface area contributed by atoms with Crippen molar-refractivity contribution in [2.45, 2.75) is 262 Å². The minimum Gasteiger partial charge on any atom is -0.478 e. The maximum atomic E-state index is 10.8. The third-order valence-corrected chi connectivity index (χ3v) is 4.07. The Balaban J connectivity index is -0.0000000316. The molecule has 0 aromatic heterocycles. The van der Waals surface area contributed by atoms with Gasteiger partial charge >= 0.3 is 98.8 Å². The van der Waals surface area contributed by atoms with E-state index in [0.29, 0.717) is 22.5 Å². The van der Waals surface area contributed by atoms with Crippen LogP contribution in [-0.2, 0) is 86.9 Å². The number of carboxylic acid groups (broad SMARTS) is 2. The van der Waals surface area contributed by atoms with Gasteiger partial charge in [-0.2, -0.15) is 249 Å². The molecule has 18 heteroatoms. The number of benzene rings is 2. The van der Waals surface area contributed by atoms with Crippen molar-refractivity contribution >= 4 is 23.3 Å². The van der Waals surface area contributed by atoms with E-state index in [0.717, 1.165) is 0 Å². The average Bonchev–Trinajstić information content (AvgIpc) is 3.15. The maximum Gasteiger partial charge on any atom is 3.00 e. The first-order valence-corrected chi connectivity index (χ1v) is 26.7. The summed E-state index contributed by atoms with van der Waals surface area (Å²) in [6.07, 6.45) is -3.14.